The molecule has 2 aromatic rings. The number of nitrogens with one attached hydrogen (secondary N) is 1. The van der Waals surface area contributed by atoms with Gasteiger partial charge >= 0.3 is 0 Å². The summed E-state index contributed by atoms with van der Waals surface area (Å²) in [5.74, 6) is -0.0413. The third kappa shape index (κ3) is 4.23. The van der Waals surface area contributed by atoms with Crippen LogP contribution in [0.1, 0.15) is 18.2 Å². The quantitative estimate of drug-likeness (QED) is 0.694. The number of aromatic amines is 1. The van der Waals surface area contributed by atoms with Gasteiger partial charge in [0.2, 0.25) is 0 Å². The van der Waals surface area contributed by atoms with Gasteiger partial charge in [-0.2, -0.15) is 0 Å². The molecule has 0 atom stereocenters. The first-order valence-corrected chi connectivity index (χ1v) is 8.95. The highest BCUT2D eigenvalue weighted by molar-refractivity contribution is 5.95. The first-order valence-electron chi connectivity index (χ1n) is 8.95. The van der Waals surface area contributed by atoms with E-state index in [-0.39, 0.29) is 12.5 Å². The maximum atomic E-state index is 12.5. The number of fused-ring (bicyclic) bond motifs is 1. The van der Waals surface area contributed by atoms with E-state index in [1.54, 1.807) is 18.3 Å². The van der Waals surface area contributed by atoms with E-state index in [9.17, 15) is 4.79 Å². The van der Waals surface area contributed by atoms with Crippen LogP contribution in [0.4, 0.5) is 11.4 Å². The van der Waals surface area contributed by atoms with Gasteiger partial charge in [-0.15, -0.1) is 0 Å². The number of benzene rings is 1. The Labute approximate surface area is 153 Å². The summed E-state index contributed by atoms with van der Waals surface area (Å²) in [4.78, 5) is 23.9. The summed E-state index contributed by atoms with van der Waals surface area (Å²) < 4.78 is 10.3. The van der Waals surface area contributed by atoms with Gasteiger partial charge in [0.05, 0.1) is 31.8 Å². The van der Waals surface area contributed by atoms with Crippen molar-refractivity contribution in [2.75, 3.05) is 49.8 Å². The molecular formula is C19H26N4O3. The zero-order valence-corrected chi connectivity index (χ0v) is 15.4. The highest BCUT2D eigenvalue weighted by Crippen LogP contribution is 2.33. The van der Waals surface area contributed by atoms with Gasteiger partial charge in [-0.1, -0.05) is 6.07 Å². The van der Waals surface area contributed by atoms with E-state index in [2.05, 4.69) is 27.0 Å². The average Bonchev–Trinajstić information content (AvgIpc) is 3.30. The van der Waals surface area contributed by atoms with Crippen LogP contribution in [0.15, 0.2) is 30.7 Å². The number of H-pyrrole nitrogens is 1. The molecule has 1 aliphatic rings. The molecule has 7 heteroatoms. The third-order valence-electron chi connectivity index (χ3n) is 4.55. The van der Waals surface area contributed by atoms with Gasteiger partial charge in [-0.3, -0.25) is 4.79 Å². The molecule has 1 N–H and O–H groups in total. The van der Waals surface area contributed by atoms with Crippen LogP contribution >= 0.6 is 0 Å². The summed E-state index contributed by atoms with van der Waals surface area (Å²) in [6.07, 6.45) is 4.63. The maximum Gasteiger partial charge on any atom is 0.252 e. The van der Waals surface area contributed by atoms with Crippen molar-refractivity contribution in [3.63, 3.8) is 0 Å². The lowest BCUT2D eigenvalue weighted by atomic mass is 10.1. The Morgan fingerprint density at radius 3 is 3.00 bits per heavy atom. The number of ether oxygens (including phenoxy) is 2. The summed E-state index contributed by atoms with van der Waals surface area (Å²) >= 11 is 0. The van der Waals surface area contributed by atoms with Gasteiger partial charge in [-0.25, -0.2) is 4.98 Å². The fourth-order valence-corrected chi connectivity index (χ4v) is 3.22. The van der Waals surface area contributed by atoms with Crippen LogP contribution in [-0.4, -0.2) is 55.9 Å². The number of imidazole rings is 1. The minimum Gasteiger partial charge on any atom is -0.382 e. The normalized spacial score (nSPS) is 13.1. The molecule has 140 valence electrons. The van der Waals surface area contributed by atoms with Crippen molar-refractivity contribution in [3.8, 4) is 0 Å². The number of nitrogens with zero attached hydrogens (tertiary/aromatic N) is 3. The Morgan fingerprint density at radius 2 is 2.27 bits per heavy atom. The second-order valence-electron chi connectivity index (χ2n) is 6.23. The van der Waals surface area contributed by atoms with Gasteiger partial charge in [0.25, 0.3) is 5.91 Å². The first-order chi connectivity index (χ1) is 12.7. The molecule has 1 amide bonds. The number of carbonyl (C=O) groups excluding carboxylic acids is 1. The number of anilines is 2. The van der Waals surface area contributed by atoms with Gasteiger partial charge in [0.15, 0.2) is 0 Å². The predicted octanol–water partition coefficient (Wildman–Crippen LogP) is 1.99. The summed E-state index contributed by atoms with van der Waals surface area (Å²) in [5, 5.41) is 0. The Balaban J connectivity index is 1.70. The van der Waals surface area contributed by atoms with Crippen molar-refractivity contribution in [2.24, 2.45) is 0 Å². The number of rotatable bonds is 9. The molecule has 0 bridgehead atoms. The van der Waals surface area contributed by atoms with Crippen molar-refractivity contribution in [1.29, 1.82) is 0 Å². The predicted molar refractivity (Wildman–Crippen MR) is 101 cm³/mol. The second-order valence-corrected chi connectivity index (χ2v) is 6.23. The van der Waals surface area contributed by atoms with E-state index < -0.39 is 0 Å². The standard InChI is InChI=1S/C19H26N4O3/c1-3-23(19(24)13-26-9-8-25-2)17-5-4-15-6-7-22(18(15)10-17)12-16-11-20-14-21-16/h4-5,10-11,14H,3,6-9,12-13H2,1-2H3,(H,20,21). The molecule has 0 unspecified atom stereocenters. The van der Waals surface area contributed by atoms with E-state index in [1.807, 2.05) is 19.2 Å². The maximum absolute atomic E-state index is 12.5. The molecule has 3 rings (SSSR count). The largest absolute Gasteiger partial charge is 0.382 e. The Hall–Kier alpha value is -2.38. The zero-order chi connectivity index (χ0) is 18.4. The highest BCUT2D eigenvalue weighted by Gasteiger charge is 2.22. The Morgan fingerprint density at radius 1 is 1.38 bits per heavy atom. The van der Waals surface area contributed by atoms with Crippen molar-refractivity contribution < 1.29 is 14.3 Å². The molecule has 2 heterocycles. The average molecular weight is 358 g/mol. The first kappa shape index (κ1) is 18.4. The summed E-state index contributed by atoms with van der Waals surface area (Å²) in [7, 11) is 1.61. The van der Waals surface area contributed by atoms with Crippen LogP contribution in [-0.2, 0) is 27.2 Å². The van der Waals surface area contributed by atoms with Crippen molar-refractivity contribution in [3.05, 3.63) is 42.0 Å². The van der Waals surface area contributed by atoms with E-state index in [4.69, 9.17) is 9.47 Å². The molecule has 1 aliphatic heterocycles. The van der Waals surface area contributed by atoms with Crippen LogP contribution < -0.4 is 9.80 Å². The lowest BCUT2D eigenvalue weighted by Gasteiger charge is -2.24. The van der Waals surface area contributed by atoms with Crippen molar-refractivity contribution >= 4 is 17.3 Å². The fourth-order valence-electron chi connectivity index (χ4n) is 3.22. The molecule has 0 fully saturated rings. The fraction of sp³-hybridized carbons (Fsp3) is 0.474. The molecule has 0 saturated carbocycles. The lowest BCUT2D eigenvalue weighted by Crippen LogP contribution is -2.34. The van der Waals surface area contributed by atoms with Crippen LogP contribution in [0.5, 0.6) is 0 Å². The Kier molecular flexibility index (Phi) is 6.25. The third-order valence-corrected chi connectivity index (χ3v) is 4.55. The molecule has 26 heavy (non-hydrogen) atoms. The summed E-state index contributed by atoms with van der Waals surface area (Å²) in [6, 6.07) is 6.25. The van der Waals surface area contributed by atoms with Crippen molar-refractivity contribution in [2.45, 2.75) is 19.9 Å². The number of hydrogen-bond donors (Lipinski definition) is 1. The van der Waals surface area contributed by atoms with Crippen LogP contribution in [0, 0.1) is 0 Å². The summed E-state index contributed by atoms with van der Waals surface area (Å²) in [6.45, 7) is 5.27. The smallest absolute Gasteiger partial charge is 0.252 e. The number of hydrogen-bond acceptors (Lipinski definition) is 5. The van der Waals surface area contributed by atoms with E-state index in [0.717, 1.165) is 30.9 Å². The molecule has 0 aliphatic carbocycles. The number of methoxy groups -OCH3 is 1. The minimum absolute atomic E-state index is 0.0413. The highest BCUT2D eigenvalue weighted by atomic mass is 16.5. The lowest BCUT2D eigenvalue weighted by molar-refractivity contribution is -0.123. The van der Waals surface area contributed by atoms with E-state index in [1.165, 1.54) is 11.3 Å². The van der Waals surface area contributed by atoms with Gasteiger partial charge in [0.1, 0.15) is 6.61 Å². The van der Waals surface area contributed by atoms with Crippen LogP contribution in [0.3, 0.4) is 0 Å². The zero-order valence-electron chi connectivity index (χ0n) is 15.4. The Bertz CT molecular complexity index is 718. The molecule has 0 saturated heterocycles. The number of likely N-dealkylation sites (N-methyl/N-ethyl adjacent to an activating group) is 1. The molecule has 0 spiro atoms. The monoisotopic (exact) mass is 358 g/mol. The minimum atomic E-state index is -0.0413. The number of amides is 1. The second kappa shape index (κ2) is 8.82. The van der Waals surface area contributed by atoms with Crippen LogP contribution in [0.2, 0.25) is 0 Å². The van der Waals surface area contributed by atoms with Crippen LogP contribution in [0.25, 0.3) is 0 Å². The van der Waals surface area contributed by atoms with Gasteiger partial charge < -0.3 is 24.3 Å². The van der Waals surface area contributed by atoms with Gasteiger partial charge in [-0.05, 0) is 31.0 Å². The van der Waals surface area contributed by atoms with Gasteiger partial charge in [0, 0.05) is 37.8 Å². The molecular weight excluding hydrogens is 332 g/mol. The molecule has 0 radical (unpaired) electrons. The van der Waals surface area contributed by atoms with E-state index in [0.29, 0.717) is 19.8 Å². The number of aromatic nitrogens is 2. The topological polar surface area (TPSA) is 70.7 Å². The number of carbonyl (C=O) groups is 1. The van der Waals surface area contributed by atoms with E-state index >= 15 is 0 Å². The summed E-state index contributed by atoms with van der Waals surface area (Å²) in [5.41, 5.74) is 4.40. The van der Waals surface area contributed by atoms with Crippen molar-refractivity contribution in [1.82, 2.24) is 9.97 Å². The molecule has 1 aromatic carbocycles. The molecule has 7 nitrogen and oxygen atoms in total. The molecule has 1 aromatic heterocycles. The SMILES string of the molecule is CCN(C(=O)COCCOC)c1ccc2c(c1)N(Cc1c[nH]cn1)CC2.